The Morgan fingerprint density at radius 2 is 2.00 bits per heavy atom. The molecule has 14 heavy (non-hydrogen) atoms. The summed E-state index contributed by atoms with van der Waals surface area (Å²) < 4.78 is 0. The van der Waals surface area contributed by atoms with Gasteiger partial charge in [0.1, 0.15) is 5.75 Å². The van der Waals surface area contributed by atoms with E-state index < -0.39 is 0 Å². The van der Waals surface area contributed by atoms with Crippen LogP contribution >= 0.6 is 0 Å². The first-order valence-electron chi connectivity index (χ1n) is 4.75. The van der Waals surface area contributed by atoms with Crippen molar-refractivity contribution >= 4 is 5.69 Å². The summed E-state index contributed by atoms with van der Waals surface area (Å²) in [5, 5.41) is 9.54. The van der Waals surface area contributed by atoms with E-state index >= 15 is 0 Å². The minimum Gasteiger partial charge on any atom is -0.508 e. The molecule has 0 aromatic heterocycles. The zero-order valence-corrected chi connectivity index (χ0v) is 8.75. The van der Waals surface area contributed by atoms with Crippen LogP contribution < -0.4 is 11.5 Å². The van der Waals surface area contributed by atoms with E-state index in [1.54, 1.807) is 18.2 Å². The smallest absolute Gasteiger partial charge is 0.118 e. The topological polar surface area (TPSA) is 72.3 Å². The maximum Gasteiger partial charge on any atom is 0.118 e. The number of rotatable bonds is 3. The number of benzene rings is 1. The summed E-state index contributed by atoms with van der Waals surface area (Å²) in [6.45, 7) is 3.94. The fourth-order valence-corrected chi connectivity index (χ4v) is 1.26. The van der Waals surface area contributed by atoms with Gasteiger partial charge < -0.3 is 16.6 Å². The van der Waals surface area contributed by atoms with Crippen molar-refractivity contribution in [2.45, 2.75) is 32.2 Å². The van der Waals surface area contributed by atoms with E-state index in [2.05, 4.69) is 0 Å². The Bertz CT molecular complexity index is 316. The van der Waals surface area contributed by atoms with E-state index in [1.807, 2.05) is 13.8 Å². The molecule has 1 aromatic carbocycles. The molecular formula is C11H18N2O. The lowest BCUT2D eigenvalue weighted by molar-refractivity contribution is 0.449. The van der Waals surface area contributed by atoms with Crippen molar-refractivity contribution < 1.29 is 5.11 Å². The monoisotopic (exact) mass is 194 g/mol. The lowest BCUT2D eigenvalue weighted by Gasteiger charge is -2.18. The molecule has 0 aliphatic rings. The van der Waals surface area contributed by atoms with Gasteiger partial charge in [-0.25, -0.2) is 0 Å². The summed E-state index contributed by atoms with van der Waals surface area (Å²) >= 11 is 0. The minimum absolute atomic E-state index is 0.211. The molecule has 0 aliphatic carbocycles. The average molecular weight is 194 g/mol. The first-order valence-corrected chi connectivity index (χ1v) is 4.75. The quantitative estimate of drug-likeness (QED) is 0.506. The molecule has 78 valence electrons. The second-order valence-electron chi connectivity index (χ2n) is 4.38. The van der Waals surface area contributed by atoms with E-state index in [1.165, 1.54) is 0 Å². The summed E-state index contributed by atoms with van der Waals surface area (Å²) in [4.78, 5) is 0. The van der Waals surface area contributed by atoms with Gasteiger partial charge in [-0.15, -0.1) is 0 Å². The number of nitrogen functional groups attached to an aromatic ring is 1. The molecule has 3 heteroatoms. The normalized spacial score (nSPS) is 11.6. The zero-order valence-electron chi connectivity index (χ0n) is 8.75. The van der Waals surface area contributed by atoms with Gasteiger partial charge in [0.25, 0.3) is 0 Å². The molecule has 0 heterocycles. The van der Waals surface area contributed by atoms with Crippen molar-refractivity contribution in [3.63, 3.8) is 0 Å². The molecule has 0 amide bonds. The second kappa shape index (κ2) is 3.88. The predicted molar refractivity (Wildman–Crippen MR) is 59.1 cm³/mol. The van der Waals surface area contributed by atoms with Crippen LogP contribution in [0.3, 0.4) is 0 Å². The van der Waals surface area contributed by atoms with Crippen LogP contribution in [0.25, 0.3) is 0 Å². The molecule has 1 aromatic rings. The average Bonchev–Trinajstić information content (AvgIpc) is 2.05. The number of aryl methyl sites for hydroxylation is 1. The van der Waals surface area contributed by atoms with Crippen LogP contribution in [0.4, 0.5) is 5.69 Å². The van der Waals surface area contributed by atoms with Crippen molar-refractivity contribution in [3.05, 3.63) is 23.8 Å². The molecule has 3 nitrogen and oxygen atoms in total. The van der Waals surface area contributed by atoms with Gasteiger partial charge in [0.15, 0.2) is 0 Å². The standard InChI is InChI=1S/C11H18N2O/c1-11(2,13)6-5-8-7-9(12)3-4-10(8)14/h3-4,7,14H,5-6,12-13H2,1-2H3. The highest BCUT2D eigenvalue weighted by molar-refractivity contribution is 5.47. The fraction of sp³-hybridized carbons (Fsp3) is 0.455. The summed E-state index contributed by atoms with van der Waals surface area (Å²) in [7, 11) is 0. The lowest BCUT2D eigenvalue weighted by Crippen LogP contribution is -2.32. The number of hydrogen-bond donors (Lipinski definition) is 3. The number of hydrogen-bond acceptors (Lipinski definition) is 3. The highest BCUT2D eigenvalue weighted by Crippen LogP contribution is 2.22. The Kier molecular flexibility index (Phi) is 3.01. The third-order valence-corrected chi connectivity index (χ3v) is 2.14. The van der Waals surface area contributed by atoms with Crippen LogP contribution in [-0.4, -0.2) is 10.6 Å². The zero-order chi connectivity index (χ0) is 10.8. The van der Waals surface area contributed by atoms with Crippen LogP contribution in [0.5, 0.6) is 5.75 Å². The van der Waals surface area contributed by atoms with Gasteiger partial charge in [-0.1, -0.05) is 0 Å². The molecule has 0 atom stereocenters. The van der Waals surface area contributed by atoms with Crippen LogP contribution in [0.15, 0.2) is 18.2 Å². The van der Waals surface area contributed by atoms with Crippen LogP contribution in [0.2, 0.25) is 0 Å². The number of phenols is 1. The van der Waals surface area contributed by atoms with E-state index in [0.29, 0.717) is 11.4 Å². The molecule has 0 bridgehead atoms. The lowest BCUT2D eigenvalue weighted by atomic mass is 9.96. The van der Waals surface area contributed by atoms with Crippen LogP contribution in [0.1, 0.15) is 25.8 Å². The Hall–Kier alpha value is -1.22. The van der Waals surface area contributed by atoms with Gasteiger partial charge in [0.2, 0.25) is 0 Å². The van der Waals surface area contributed by atoms with Crippen molar-refractivity contribution in [1.82, 2.24) is 0 Å². The first-order chi connectivity index (χ1) is 6.38. The first kappa shape index (κ1) is 10.9. The molecule has 5 N–H and O–H groups in total. The number of nitrogens with two attached hydrogens (primary N) is 2. The van der Waals surface area contributed by atoms with E-state index in [4.69, 9.17) is 11.5 Å². The Labute approximate surface area is 84.7 Å². The van der Waals surface area contributed by atoms with E-state index in [-0.39, 0.29) is 5.54 Å². The highest BCUT2D eigenvalue weighted by atomic mass is 16.3. The van der Waals surface area contributed by atoms with Crippen molar-refractivity contribution in [2.24, 2.45) is 5.73 Å². The van der Waals surface area contributed by atoms with Gasteiger partial charge in [0, 0.05) is 11.2 Å². The minimum atomic E-state index is -0.211. The molecule has 0 radical (unpaired) electrons. The Balaban J connectivity index is 2.72. The number of aromatic hydroxyl groups is 1. The van der Waals surface area contributed by atoms with Gasteiger partial charge in [-0.2, -0.15) is 0 Å². The van der Waals surface area contributed by atoms with Crippen molar-refractivity contribution in [1.29, 1.82) is 0 Å². The third kappa shape index (κ3) is 3.26. The van der Waals surface area contributed by atoms with Crippen LogP contribution in [-0.2, 0) is 6.42 Å². The summed E-state index contributed by atoms with van der Waals surface area (Å²) in [6, 6.07) is 5.10. The molecule has 1 rings (SSSR count). The van der Waals surface area contributed by atoms with Gasteiger partial charge in [-0.3, -0.25) is 0 Å². The highest BCUT2D eigenvalue weighted by Gasteiger charge is 2.11. The molecular weight excluding hydrogens is 176 g/mol. The summed E-state index contributed by atoms with van der Waals surface area (Å²) in [6.07, 6.45) is 1.57. The molecule has 0 aliphatic heterocycles. The largest absolute Gasteiger partial charge is 0.508 e. The predicted octanol–water partition coefficient (Wildman–Crippen LogP) is 1.64. The molecule has 0 unspecified atom stereocenters. The van der Waals surface area contributed by atoms with Gasteiger partial charge in [0.05, 0.1) is 0 Å². The Morgan fingerprint density at radius 1 is 1.36 bits per heavy atom. The number of phenolic OH excluding ortho intramolecular Hbond substituents is 1. The SMILES string of the molecule is CC(C)(N)CCc1cc(N)ccc1O. The molecule has 0 fully saturated rings. The molecule has 0 spiro atoms. The maximum atomic E-state index is 9.54. The maximum absolute atomic E-state index is 9.54. The molecule has 0 saturated carbocycles. The van der Waals surface area contributed by atoms with Crippen molar-refractivity contribution in [3.8, 4) is 5.75 Å². The second-order valence-corrected chi connectivity index (χ2v) is 4.38. The third-order valence-electron chi connectivity index (χ3n) is 2.14. The van der Waals surface area contributed by atoms with E-state index in [9.17, 15) is 5.11 Å². The van der Waals surface area contributed by atoms with Gasteiger partial charge >= 0.3 is 0 Å². The summed E-state index contributed by atoms with van der Waals surface area (Å²) in [5.41, 5.74) is 12.8. The van der Waals surface area contributed by atoms with E-state index in [0.717, 1.165) is 18.4 Å². The fourth-order valence-electron chi connectivity index (χ4n) is 1.26. The molecule has 0 saturated heterocycles. The van der Waals surface area contributed by atoms with Crippen molar-refractivity contribution in [2.75, 3.05) is 5.73 Å². The number of anilines is 1. The van der Waals surface area contributed by atoms with Gasteiger partial charge in [-0.05, 0) is 50.5 Å². The Morgan fingerprint density at radius 3 is 2.57 bits per heavy atom. The summed E-state index contributed by atoms with van der Waals surface area (Å²) in [5.74, 6) is 0.295. The van der Waals surface area contributed by atoms with Crippen LogP contribution in [0, 0.1) is 0 Å².